The lowest BCUT2D eigenvalue weighted by Crippen LogP contribution is -2.06. The van der Waals surface area contributed by atoms with Gasteiger partial charge in [-0.15, -0.1) is 0 Å². The highest BCUT2D eigenvalue weighted by Gasteiger charge is 2.29. The summed E-state index contributed by atoms with van der Waals surface area (Å²) in [5, 5.41) is 0. The number of fused-ring (bicyclic) bond motifs is 1. The van der Waals surface area contributed by atoms with E-state index in [1.165, 1.54) is 0 Å². The Hall–Kier alpha value is -1.16. The van der Waals surface area contributed by atoms with E-state index in [0.29, 0.717) is 24.0 Å². The topological polar surface area (TPSA) is 72.8 Å². The minimum Gasteiger partial charge on any atom is -0.404 e. The van der Waals surface area contributed by atoms with Crippen LogP contribution in [-0.4, -0.2) is 17.3 Å². The first-order chi connectivity index (χ1) is 9.43. The van der Waals surface area contributed by atoms with Crippen molar-refractivity contribution in [1.29, 1.82) is 0 Å². The number of phosphoric ester groups is 1. The number of carbonyl (C=O) groups is 1. The van der Waals surface area contributed by atoms with Gasteiger partial charge in [-0.1, -0.05) is 32.4 Å². The van der Waals surface area contributed by atoms with Gasteiger partial charge in [-0.25, -0.2) is 4.57 Å². The molecule has 1 aliphatic carbocycles. The van der Waals surface area contributed by atoms with Gasteiger partial charge in [0, 0.05) is 17.5 Å². The van der Waals surface area contributed by atoms with E-state index in [4.69, 9.17) is 9.05 Å². The van der Waals surface area contributed by atoms with E-state index in [2.05, 4.69) is 0 Å². The Morgan fingerprint density at radius 2 is 2.15 bits per heavy atom. The van der Waals surface area contributed by atoms with E-state index in [-0.39, 0.29) is 24.1 Å². The van der Waals surface area contributed by atoms with Crippen molar-refractivity contribution in [1.82, 2.24) is 0 Å². The van der Waals surface area contributed by atoms with Gasteiger partial charge in [0.1, 0.15) is 5.75 Å². The van der Waals surface area contributed by atoms with Gasteiger partial charge in [0.15, 0.2) is 5.78 Å². The van der Waals surface area contributed by atoms with Crippen LogP contribution in [0, 0.1) is 5.92 Å². The van der Waals surface area contributed by atoms with E-state index in [1.807, 2.05) is 13.8 Å². The van der Waals surface area contributed by atoms with Crippen LogP contribution in [0.25, 0.3) is 0 Å². The number of hydrogen-bond acceptors (Lipinski definition) is 4. The summed E-state index contributed by atoms with van der Waals surface area (Å²) in [6.07, 6.45) is 1.81. The molecule has 0 radical (unpaired) electrons. The maximum absolute atomic E-state index is 11.9. The van der Waals surface area contributed by atoms with Crippen LogP contribution in [-0.2, 0) is 15.5 Å². The second kappa shape index (κ2) is 6.08. The van der Waals surface area contributed by atoms with Crippen LogP contribution in [0.2, 0.25) is 0 Å². The highest BCUT2D eigenvalue weighted by Crippen LogP contribution is 2.46. The number of phosphoric acid groups is 1. The number of rotatable bonds is 6. The normalized spacial score (nSPS) is 18.4. The third kappa shape index (κ3) is 3.48. The lowest BCUT2D eigenvalue weighted by molar-refractivity contribution is 0.0994. The quantitative estimate of drug-likeness (QED) is 0.815. The molecule has 1 N–H and O–H groups in total. The van der Waals surface area contributed by atoms with E-state index < -0.39 is 7.82 Å². The summed E-state index contributed by atoms with van der Waals surface area (Å²) in [5.41, 5.74) is 1.27. The molecule has 1 aromatic carbocycles. The molecule has 0 saturated carbocycles. The Morgan fingerprint density at radius 1 is 1.40 bits per heavy atom. The van der Waals surface area contributed by atoms with Gasteiger partial charge in [-0.3, -0.25) is 14.2 Å². The van der Waals surface area contributed by atoms with Crippen molar-refractivity contribution in [3.63, 3.8) is 0 Å². The Bertz CT molecular complexity index is 554. The molecule has 5 nitrogen and oxygen atoms in total. The second-order valence-electron chi connectivity index (χ2n) is 5.07. The molecule has 2 atom stereocenters. The SMILES string of the molecule is CCC(C)COP(=O)(O)Oc1cccc2c1CCC2=O. The largest absolute Gasteiger partial charge is 0.527 e. The summed E-state index contributed by atoms with van der Waals surface area (Å²) in [5.74, 6) is 0.490. The van der Waals surface area contributed by atoms with Crippen molar-refractivity contribution in [2.45, 2.75) is 33.1 Å². The van der Waals surface area contributed by atoms with Crippen molar-refractivity contribution in [3.05, 3.63) is 29.3 Å². The molecular formula is C14H19O5P. The highest BCUT2D eigenvalue weighted by molar-refractivity contribution is 7.47. The minimum atomic E-state index is -4.14. The van der Waals surface area contributed by atoms with Gasteiger partial charge >= 0.3 is 7.82 Å². The summed E-state index contributed by atoms with van der Waals surface area (Å²) in [6, 6.07) is 4.94. The Morgan fingerprint density at radius 3 is 2.85 bits per heavy atom. The van der Waals surface area contributed by atoms with Crippen LogP contribution < -0.4 is 4.52 Å². The summed E-state index contributed by atoms with van der Waals surface area (Å²) in [7, 11) is -4.14. The molecule has 0 saturated heterocycles. The lowest BCUT2D eigenvalue weighted by atomic mass is 10.1. The molecule has 0 bridgehead atoms. The molecule has 1 aliphatic rings. The van der Waals surface area contributed by atoms with Gasteiger partial charge < -0.3 is 4.52 Å². The third-order valence-corrected chi connectivity index (χ3v) is 4.37. The molecule has 110 valence electrons. The van der Waals surface area contributed by atoms with Gasteiger partial charge in [-0.2, -0.15) is 0 Å². The van der Waals surface area contributed by atoms with Crippen LogP contribution in [0.5, 0.6) is 5.75 Å². The Balaban J connectivity index is 2.10. The monoisotopic (exact) mass is 298 g/mol. The van der Waals surface area contributed by atoms with Crippen LogP contribution in [0.1, 0.15) is 42.6 Å². The molecule has 0 amide bonds. The number of hydrogen-bond donors (Lipinski definition) is 1. The maximum Gasteiger partial charge on any atom is 0.527 e. The summed E-state index contributed by atoms with van der Waals surface area (Å²) < 4.78 is 22.0. The van der Waals surface area contributed by atoms with Crippen molar-refractivity contribution in [2.24, 2.45) is 5.92 Å². The number of Topliss-reactive ketones (excluding diaryl/α,β-unsaturated/α-hetero) is 1. The molecular weight excluding hydrogens is 279 g/mol. The average molecular weight is 298 g/mol. The first kappa shape index (κ1) is 15.2. The van der Waals surface area contributed by atoms with Crippen LogP contribution in [0.15, 0.2) is 18.2 Å². The smallest absolute Gasteiger partial charge is 0.404 e. The number of ketones is 1. The first-order valence-electron chi connectivity index (χ1n) is 6.75. The molecule has 2 rings (SSSR count). The molecule has 0 heterocycles. The zero-order chi connectivity index (χ0) is 14.8. The standard InChI is InChI=1S/C14H19O5P/c1-3-10(2)9-18-20(16,17)19-14-6-4-5-11-12(14)7-8-13(11)15/h4-6,10H,3,7-9H2,1-2H3,(H,16,17). The van der Waals surface area contributed by atoms with E-state index >= 15 is 0 Å². The first-order valence-corrected chi connectivity index (χ1v) is 8.24. The van der Waals surface area contributed by atoms with E-state index in [1.54, 1.807) is 18.2 Å². The highest BCUT2D eigenvalue weighted by atomic mass is 31.2. The van der Waals surface area contributed by atoms with Gasteiger partial charge in [0.25, 0.3) is 0 Å². The second-order valence-corrected chi connectivity index (χ2v) is 6.45. The fourth-order valence-electron chi connectivity index (χ4n) is 2.03. The Labute approximate surface area is 118 Å². The Kier molecular flexibility index (Phi) is 4.63. The van der Waals surface area contributed by atoms with E-state index in [0.717, 1.165) is 6.42 Å². The summed E-state index contributed by atoms with van der Waals surface area (Å²) >= 11 is 0. The number of carbonyl (C=O) groups excluding carboxylic acids is 1. The average Bonchev–Trinajstić information content (AvgIpc) is 2.79. The number of benzene rings is 1. The van der Waals surface area contributed by atoms with Crippen molar-refractivity contribution in [2.75, 3.05) is 6.61 Å². The fourth-order valence-corrected chi connectivity index (χ4v) is 2.95. The van der Waals surface area contributed by atoms with Crippen LogP contribution in [0.3, 0.4) is 0 Å². The van der Waals surface area contributed by atoms with Gasteiger partial charge in [0.2, 0.25) is 0 Å². The minimum absolute atomic E-state index is 0.0405. The van der Waals surface area contributed by atoms with Gasteiger partial charge in [0.05, 0.1) is 6.61 Å². The lowest BCUT2D eigenvalue weighted by Gasteiger charge is -2.17. The fraction of sp³-hybridized carbons (Fsp3) is 0.500. The van der Waals surface area contributed by atoms with Crippen molar-refractivity contribution >= 4 is 13.6 Å². The molecule has 2 unspecified atom stereocenters. The van der Waals surface area contributed by atoms with Gasteiger partial charge in [-0.05, 0) is 18.4 Å². The summed E-state index contributed by atoms with van der Waals surface area (Å²) in [6.45, 7) is 4.07. The predicted octanol–water partition coefficient (Wildman–Crippen LogP) is 3.36. The van der Waals surface area contributed by atoms with Crippen LogP contribution in [0.4, 0.5) is 0 Å². The van der Waals surface area contributed by atoms with Crippen molar-refractivity contribution in [3.8, 4) is 5.75 Å². The molecule has 20 heavy (non-hydrogen) atoms. The van der Waals surface area contributed by atoms with Crippen LogP contribution >= 0.6 is 7.82 Å². The van der Waals surface area contributed by atoms with Crippen molar-refractivity contribution < 1.29 is 23.3 Å². The predicted molar refractivity (Wildman–Crippen MR) is 75.0 cm³/mol. The molecule has 0 spiro atoms. The summed E-state index contributed by atoms with van der Waals surface area (Å²) in [4.78, 5) is 21.4. The van der Waals surface area contributed by atoms with E-state index in [9.17, 15) is 14.3 Å². The molecule has 1 aromatic rings. The molecule has 0 fully saturated rings. The molecule has 6 heteroatoms. The maximum atomic E-state index is 11.9. The zero-order valence-electron chi connectivity index (χ0n) is 11.7. The third-order valence-electron chi connectivity index (χ3n) is 3.47. The molecule has 0 aromatic heterocycles. The zero-order valence-corrected chi connectivity index (χ0v) is 12.6. The molecule has 0 aliphatic heterocycles.